The van der Waals surface area contributed by atoms with Crippen LogP contribution in [-0.2, 0) is 6.42 Å². The second-order valence-corrected chi connectivity index (χ2v) is 3.66. The third-order valence-corrected chi connectivity index (χ3v) is 2.05. The summed E-state index contributed by atoms with van der Waals surface area (Å²) in [5.74, 6) is 1.05. The van der Waals surface area contributed by atoms with E-state index in [0.717, 1.165) is 12.0 Å². The van der Waals surface area contributed by atoms with Crippen molar-refractivity contribution in [1.29, 1.82) is 0 Å². The van der Waals surface area contributed by atoms with Gasteiger partial charge in [-0.1, -0.05) is 26.0 Å². The summed E-state index contributed by atoms with van der Waals surface area (Å²) in [7, 11) is 0. The number of hydrogen-bond acceptors (Lipinski definition) is 1. The topological polar surface area (TPSA) is 20.2 Å². The average molecular weight is 164 g/mol. The van der Waals surface area contributed by atoms with Gasteiger partial charge in [-0.2, -0.15) is 0 Å². The van der Waals surface area contributed by atoms with Gasteiger partial charge in [0, 0.05) is 0 Å². The Balaban J connectivity index is 2.92. The van der Waals surface area contributed by atoms with Crippen molar-refractivity contribution >= 4 is 0 Å². The Morgan fingerprint density at radius 2 is 2.00 bits per heavy atom. The summed E-state index contributed by atoms with van der Waals surface area (Å²) in [5.41, 5.74) is 2.27. The SMILES string of the molecule is Cc1c(O)cccc1CC(C)C. The van der Waals surface area contributed by atoms with Gasteiger partial charge in [0.1, 0.15) is 5.75 Å². The molecule has 0 aliphatic rings. The fourth-order valence-corrected chi connectivity index (χ4v) is 1.33. The van der Waals surface area contributed by atoms with Crippen LogP contribution in [0.1, 0.15) is 25.0 Å². The molecular weight excluding hydrogens is 148 g/mol. The standard InChI is InChI=1S/C11H16O/c1-8(2)7-10-5-4-6-11(12)9(10)3/h4-6,8,12H,7H2,1-3H3. The summed E-state index contributed by atoms with van der Waals surface area (Å²) in [6, 6.07) is 5.72. The molecule has 66 valence electrons. The van der Waals surface area contributed by atoms with Crippen molar-refractivity contribution < 1.29 is 5.11 Å². The van der Waals surface area contributed by atoms with Gasteiger partial charge in [-0.3, -0.25) is 0 Å². The highest BCUT2D eigenvalue weighted by Gasteiger charge is 2.03. The van der Waals surface area contributed by atoms with Crippen LogP contribution >= 0.6 is 0 Å². The fraction of sp³-hybridized carbons (Fsp3) is 0.455. The molecule has 1 aromatic carbocycles. The normalized spacial score (nSPS) is 10.7. The second-order valence-electron chi connectivity index (χ2n) is 3.66. The quantitative estimate of drug-likeness (QED) is 0.712. The van der Waals surface area contributed by atoms with Crippen molar-refractivity contribution in [3.8, 4) is 5.75 Å². The predicted octanol–water partition coefficient (Wildman–Crippen LogP) is 2.90. The first-order valence-corrected chi connectivity index (χ1v) is 4.38. The van der Waals surface area contributed by atoms with Crippen LogP contribution in [0, 0.1) is 12.8 Å². The zero-order chi connectivity index (χ0) is 9.14. The van der Waals surface area contributed by atoms with E-state index in [1.54, 1.807) is 6.07 Å². The molecule has 0 bridgehead atoms. The minimum atomic E-state index is 0.410. The third-order valence-electron chi connectivity index (χ3n) is 2.05. The summed E-state index contributed by atoms with van der Waals surface area (Å²) < 4.78 is 0. The number of hydrogen-bond donors (Lipinski definition) is 1. The molecular formula is C11H16O. The van der Waals surface area contributed by atoms with Crippen molar-refractivity contribution in [3.05, 3.63) is 29.3 Å². The summed E-state index contributed by atoms with van der Waals surface area (Å²) >= 11 is 0. The van der Waals surface area contributed by atoms with Crippen LogP contribution in [-0.4, -0.2) is 5.11 Å². The van der Waals surface area contributed by atoms with E-state index in [1.807, 2.05) is 13.0 Å². The highest BCUT2D eigenvalue weighted by Crippen LogP contribution is 2.21. The van der Waals surface area contributed by atoms with Crippen molar-refractivity contribution in [2.75, 3.05) is 0 Å². The van der Waals surface area contributed by atoms with E-state index in [4.69, 9.17) is 0 Å². The molecule has 0 aromatic heterocycles. The molecule has 0 aliphatic heterocycles. The molecule has 12 heavy (non-hydrogen) atoms. The molecule has 1 nitrogen and oxygen atoms in total. The number of benzene rings is 1. The Morgan fingerprint density at radius 1 is 1.33 bits per heavy atom. The molecule has 1 aromatic rings. The molecule has 0 fully saturated rings. The van der Waals surface area contributed by atoms with Gasteiger partial charge in [0.2, 0.25) is 0 Å². The van der Waals surface area contributed by atoms with Crippen LogP contribution in [0.25, 0.3) is 0 Å². The molecule has 0 saturated heterocycles. The molecule has 0 spiro atoms. The fourth-order valence-electron chi connectivity index (χ4n) is 1.33. The Kier molecular flexibility index (Phi) is 2.74. The number of rotatable bonds is 2. The molecule has 0 atom stereocenters. The van der Waals surface area contributed by atoms with Crippen LogP contribution in [0.5, 0.6) is 5.75 Å². The Hall–Kier alpha value is -0.980. The summed E-state index contributed by atoms with van der Waals surface area (Å²) in [6.07, 6.45) is 1.04. The third kappa shape index (κ3) is 2.00. The van der Waals surface area contributed by atoms with Gasteiger partial charge in [-0.15, -0.1) is 0 Å². The van der Waals surface area contributed by atoms with Crippen molar-refractivity contribution in [2.45, 2.75) is 27.2 Å². The first-order valence-electron chi connectivity index (χ1n) is 4.38. The van der Waals surface area contributed by atoms with Crippen LogP contribution in [0.3, 0.4) is 0 Å². The monoisotopic (exact) mass is 164 g/mol. The molecule has 0 amide bonds. The molecule has 0 saturated carbocycles. The highest BCUT2D eigenvalue weighted by atomic mass is 16.3. The second kappa shape index (κ2) is 3.61. The van der Waals surface area contributed by atoms with Crippen molar-refractivity contribution in [2.24, 2.45) is 5.92 Å². The first kappa shape index (κ1) is 9.11. The maximum atomic E-state index is 9.41. The largest absolute Gasteiger partial charge is 0.508 e. The Labute approximate surface area is 74.1 Å². The molecule has 1 heteroatoms. The van der Waals surface area contributed by atoms with Crippen LogP contribution in [0.4, 0.5) is 0 Å². The van der Waals surface area contributed by atoms with E-state index in [9.17, 15) is 5.11 Å². The van der Waals surface area contributed by atoms with E-state index in [1.165, 1.54) is 5.56 Å². The maximum absolute atomic E-state index is 9.41. The average Bonchev–Trinajstić information content (AvgIpc) is 1.98. The summed E-state index contributed by atoms with van der Waals surface area (Å²) in [4.78, 5) is 0. The predicted molar refractivity (Wildman–Crippen MR) is 51.4 cm³/mol. The van der Waals surface area contributed by atoms with Crippen LogP contribution < -0.4 is 0 Å². The summed E-state index contributed by atoms with van der Waals surface area (Å²) in [5, 5.41) is 9.41. The van der Waals surface area contributed by atoms with E-state index in [0.29, 0.717) is 11.7 Å². The minimum Gasteiger partial charge on any atom is -0.508 e. The number of phenols is 1. The van der Waals surface area contributed by atoms with Crippen molar-refractivity contribution in [1.82, 2.24) is 0 Å². The molecule has 0 unspecified atom stereocenters. The van der Waals surface area contributed by atoms with Gasteiger partial charge in [0.05, 0.1) is 0 Å². The lowest BCUT2D eigenvalue weighted by atomic mass is 9.98. The zero-order valence-corrected chi connectivity index (χ0v) is 7.96. The van der Waals surface area contributed by atoms with Gasteiger partial charge in [0.25, 0.3) is 0 Å². The number of aromatic hydroxyl groups is 1. The van der Waals surface area contributed by atoms with Gasteiger partial charge >= 0.3 is 0 Å². The van der Waals surface area contributed by atoms with E-state index in [-0.39, 0.29) is 0 Å². The molecule has 0 radical (unpaired) electrons. The first-order chi connectivity index (χ1) is 5.61. The lowest BCUT2D eigenvalue weighted by molar-refractivity contribution is 0.469. The zero-order valence-electron chi connectivity index (χ0n) is 7.96. The molecule has 0 heterocycles. The highest BCUT2D eigenvalue weighted by molar-refractivity contribution is 5.38. The van der Waals surface area contributed by atoms with Crippen LogP contribution in [0.15, 0.2) is 18.2 Å². The lowest BCUT2D eigenvalue weighted by Gasteiger charge is -2.09. The smallest absolute Gasteiger partial charge is 0.118 e. The van der Waals surface area contributed by atoms with E-state index >= 15 is 0 Å². The number of phenolic OH excluding ortho intramolecular Hbond substituents is 1. The van der Waals surface area contributed by atoms with Gasteiger partial charge in [0.15, 0.2) is 0 Å². The van der Waals surface area contributed by atoms with Crippen molar-refractivity contribution in [3.63, 3.8) is 0 Å². The molecule has 1 rings (SSSR count). The Morgan fingerprint density at radius 3 is 2.58 bits per heavy atom. The molecule has 1 N–H and O–H groups in total. The van der Waals surface area contributed by atoms with Gasteiger partial charge < -0.3 is 5.11 Å². The lowest BCUT2D eigenvalue weighted by Crippen LogP contribution is -1.96. The van der Waals surface area contributed by atoms with E-state index < -0.39 is 0 Å². The van der Waals surface area contributed by atoms with E-state index in [2.05, 4.69) is 19.9 Å². The maximum Gasteiger partial charge on any atom is 0.118 e. The van der Waals surface area contributed by atoms with Gasteiger partial charge in [-0.25, -0.2) is 0 Å². The summed E-state index contributed by atoms with van der Waals surface area (Å²) in [6.45, 7) is 6.33. The van der Waals surface area contributed by atoms with Gasteiger partial charge in [-0.05, 0) is 36.5 Å². The molecule has 0 aliphatic carbocycles. The van der Waals surface area contributed by atoms with Crippen LogP contribution in [0.2, 0.25) is 0 Å². The Bertz CT molecular complexity index is 264. The minimum absolute atomic E-state index is 0.410.